The Hall–Kier alpha value is -1.45. The number of ketones is 1. The molecule has 1 rings (SSSR count). The van der Waals surface area contributed by atoms with Gasteiger partial charge in [0.25, 0.3) is 0 Å². The van der Waals surface area contributed by atoms with Crippen LogP contribution in [0.25, 0.3) is 0 Å². The van der Waals surface area contributed by atoms with Crippen LogP contribution in [-0.2, 0) is 4.79 Å². The third-order valence-electron chi connectivity index (χ3n) is 2.20. The Kier molecular flexibility index (Phi) is 4.21. The molecular formula is C11H16N2O2. The highest BCUT2D eigenvalue weighted by molar-refractivity contribution is 5.84. The zero-order chi connectivity index (χ0) is 11.3. The van der Waals surface area contributed by atoms with E-state index in [9.17, 15) is 4.79 Å². The van der Waals surface area contributed by atoms with Crippen molar-refractivity contribution in [3.8, 4) is 5.88 Å². The summed E-state index contributed by atoms with van der Waals surface area (Å²) in [7, 11) is 0. The van der Waals surface area contributed by atoms with E-state index in [-0.39, 0.29) is 11.7 Å². The molecule has 0 aliphatic heterocycles. The normalized spacial score (nSPS) is 12.2. The first kappa shape index (κ1) is 11.6. The highest BCUT2D eigenvalue weighted by Gasteiger charge is 2.15. The van der Waals surface area contributed by atoms with Crippen LogP contribution in [0.15, 0.2) is 12.4 Å². The van der Waals surface area contributed by atoms with Gasteiger partial charge in [-0.25, -0.2) is 4.98 Å². The SMILES string of the molecule is CCOc1cncc(C(C)C(=O)CC)n1. The van der Waals surface area contributed by atoms with Gasteiger partial charge >= 0.3 is 0 Å². The molecule has 0 aliphatic rings. The van der Waals surface area contributed by atoms with Gasteiger partial charge in [0.05, 0.1) is 24.4 Å². The van der Waals surface area contributed by atoms with Gasteiger partial charge in [0, 0.05) is 12.6 Å². The van der Waals surface area contributed by atoms with Gasteiger partial charge < -0.3 is 4.74 Å². The number of nitrogens with zero attached hydrogens (tertiary/aromatic N) is 2. The average molecular weight is 208 g/mol. The van der Waals surface area contributed by atoms with Gasteiger partial charge in [-0.2, -0.15) is 0 Å². The third-order valence-corrected chi connectivity index (χ3v) is 2.20. The molecule has 4 heteroatoms. The number of hydrogen-bond acceptors (Lipinski definition) is 4. The number of carbonyl (C=O) groups is 1. The second-order valence-corrected chi connectivity index (χ2v) is 3.26. The quantitative estimate of drug-likeness (QED) is 0.742. The van der Waals surface area contributed by atoms with Crippen LogP contribution in [0, 0.1) is 0 Å². The number of ether oxygens (including phenoxy) is 1. The zero-order valence-electron chi connectivity index (χ0n) is 9.36. The molecule has 15 heavy (non-hydrogen) atoms. The van der Waals surface area contributed by atoms with E-state index in [0.717, 1.165) is 0 Å². The van der Waals surface area contributed by atoms with Crippen LogP contribution in [0.1, 0.15) is 38.8 Å². The van der Waals surface area contributed by atoms with Crippen molar-refractivity contribution >= 4 is 5.78 Å². The van der Waals surface area contributed by atoms with Crippen LogP contribution >= 0.6 is 0 Å². The predicted molar refractivity (Wildman–Crippen MR) is 56.9 cm³/mol. The van der Waals surface area contributed by atoms with Crippen molar-refractivity contribution < 1.29 is 9.53 Å². The molecule has 1 aromatic heterocycles. The van der Waals surface area contributed by atoms with Crippen molar-refractivity contribution in [3.05, 3.63) is 18.1 Å². The summed E-state index contributed by atoms with van der Waals surface area (Å²) in [5, 5.41) is 0. The smallest absolute Gasteiger partial charge is 0.232 e. The summed E-state index contributed by atoms with van der Waals surface area (Å²) in [5.41, 5.74) is 0.674. The molecule has 0 spiro atoms. The van der Waals surface area contributed by atoms with E-state index < -0.39 is 0 Å². The summed E-state index contributed by atoms with van der Waals surface area (Å²) in [5.74, 6) is 0.437. The lowest BCUT2D eigenvalue weighted by atomic mass is 10.0. The number of aromatic nitrogens is 2. The minimum absolute atomic E-state index is 0.165. The molecule has 1 unspecified atom stereocenters. The highest BCUT2D eigenvalue weighted by atomic mass is 16.5. The van der Waals surface area contributed by atoms with E-state index in [2.05, 4.69) is 9.97 Å². The number of hydrogen-bond donors (Lipinski definition) is 0. The maximum atomic E-state index is 11.5. The first-order valence-corrected chi connectivity index (χ1v) is 5.16. The van der Waals surface area contributed by atoms with Crippen LogP contribution in [-0.4, -0.2) is 22.4 Å². The van der Waals surface area contributed by atoms with Crippen molar-refractivity contribution in [1.29, 1.82) is 0 Å². The minimum atomic E-state index is -0.206. The van der Waals surface area contributed by atoms with Crippen molar-refractivity contribution in [2.45, 2.75) is 33.1 Å². The molecule has 4 nitrogen and oxygen atoms in total. The van der Waals surface area contributed by atoms with E-state index in [1.54, 1.807) is 12.4 Å². The molecular weight excluding hydrogens is 192 g/mol. The Morgan fingerprint density at radius 3 is 2.80 bits per heavy atom. The second kappa shape index (κ2) is 5.44. The van der Waals surface area contributed by atoms with Crippen LogP contribution in [0.5, 0.6) is 5.88 Å². The summed E-state index contributed by atoms with van der Waals surface area (Å²) in [4.78, 5) is 19.7. The zero-order valence-corrected chi connectivity index (χ0v) is 9.36. The molecule has 0 fully saturated rings. The van der Waals surface area contributed by atoms with Crippen LogP contribution < -0.4 is 4.74 Å². The van der Waals surface area contributed by atoms with Gasteiger partial charge in [-0.15, -0.1) is 0 Å². The van der Waals surface area contributed by atoms with Crippen molar-refractivity contribution in [3.63, 3.8) is 0 Å². The first-order valence-electron chi connectivity index (χ1n) is 5.16. The summed E-state index contributed by atoms with van der Waals surface area (Å²) < 4.78 is 5.23. The summed E-state index contributed by atoms with van der Waals surface area (Å²) in [6.45, 7) is 6.12. The molecule has 1 atom stereocenters. The van der Waals surface area contributed by atoms with Crippen LogP contribution in [0.4, 0.5) is 0 Å². The molecule has 0 amide bonds. The van der Waals surface area contributed by atoms with Crippen molar-refractivity contribution in [2.24, 2.45) is 0 Å². The van der Waals surface area contributed by atoms with E-state index in [0.29, 0.717) is 24.6 Å². The Morgan fingerprint density at radius 2 is 2.20 bits per heavy atom. The third kappa shape index (κ3) is 3.01. The van der Waals surface area contributed by atoms with Gasteiger partial charge in [0.1, 0.15) is 5.78 Å². The van der Waals surface area contributed by atoms with E-state index in [1.165, 1.54) is 0 Å². The largest absolute Gasteiger partial charge is 0.477 e. The van der Waals surface area contributed by atoms with Crippen molar-refractivity contribution in [2.75, 3.05) is 6.61 Å². The molecule has 0 N–H and O–H groups in total. The number of Topliss-reactive ketones (excluding diaryl/α,β-unsaturated/α-hetero) is 1. The first-order chi connectivity index (χ1) is 7.19. The van der Waals surface area contributed by atoms with E-state index in [1.807, 2.05) is 20.8 Å². The Balaban J connectivity index is 2.84. The molecule has 0 saturated carbocycles. The standard InChI is InChI=1S/C11H16N2O2/c1-4-10(14)8(3)9-6-12-7-11(13-9)15-5-2/h6-8H,4-5H2,1-3H3. The highest BCUT2D eigenvalue weighted by Crippen LogP contribution is 2.16. The molecule has 0 bridgehead atoms. The fourth-order valence-corrected chi connectivity index (χ4v) is 1.26. The molecule has 1 heterocycles. The molecule has 82 valence electrons. The second-order valence-electron chi connectivity index (χ2n) is 3.26. The van der Waals surface area contributed by atoms with E-state index >= 15 is 0 Å². The average Bonchev–Trinajstić information content (AvgIpc) is 2.28. The minimum Gasteiger partial charge on any atom is -0.477 e. The van der Waals surface area contributed by atoms with E-state index in [4.69, 9.17) is 4.74 Å². The van der Waals surface area contributed by atoms with Gasteiger partial charge in [0.15, 0.2) is 0 Å². The predicted octanol–water partition coefficient (Wildman–Crippen LogP) is 1.96. The van der Waals surface area contributed by atoms with Crippen molar-refractivity contribution in [1.82, 2.24) is 9.97 Å². The Bertz CT molecular complexity index is 339. The molecule has 0 saturated heterocycles. The Morgan fingerprint density at radius 1 is 1.47 bits per heavy atom. The van der Waals surface area contributed by atoms with Crippen LogP contribution in [0.2, 0.25) is 0 Å². The lowest BCUT2D eigenvalue weighted by Gasteiger charge is -2.09. The van der Waals surface area contributed by atoms with Gasteiger partial charge in [-0.3, -0.25) is 9.78 Å². The van der Waals surface area contributed by atoms with Gasteiger partial charge in [0.2, 0.25) is 5.88 Å². The molecule has 0 aliphatic carbocycles. The summed E-state index contributed by atoms with van der Waals surface area (Å²) >= 11 is 0. The maximum Gasteiger partial charge on any atom is 0.232 e. The molecule has 0 radical (unpaired) electrons. The fraction of sp³-hybridized carbons (Fsp3) is 0.545. The maximum absolute atomic E-state index is 11.5. The Labute approximate surface area is 89.7 Å². The fourth-order valence-electron chi connectivity index (χ4n) is 1.26. The lowest BCUT2D eigenvalue weighted by Crippen LogP contribution is -2.10. The lowest BCUT2D eigenvalue weighted by molar-refractivity contribution is -0.119. The monoisotopic (exact) mass is 208 g/mol. The summed E-state index contributed by atoms with van der Waals surface area (Å²) in [6, 6.07) is 0. The summed E-state index contributed by atoms with van der Waals surface area (Å²) in [6.07, 6.45) is 3.68. The number of rotatable bonds is 5. The van der Waals surface area contributed by atoms with Crippen LogP contribution in [0.3, 0.4) is 0 Å². The molecule has 0 aromatic carbocycles. The van der Waals surface area contributed by atoms with Gasteiger partial charge in [-0.1, -0.05) is 6.92 Å². The molecule has 1 aromatic rings. The van der Waals surface area contributed by atoms with Gasteiger partial charge in [-0.05, 0) is 13.8 Å². The topological polar surface area (TPSA) is 52.1 Å². The number of carbonyl (C=O) groups excluding carboxylic acids is 1.